The first kappa shape index (κ1) is 15.9. The monoisotopic (exact) mass is 321 g/mol. The number of fused-ring (bicyclic) bond motifs is 1. The molecule has 0 fully saturated rings. The fourth-order valence-corrected chi connectivity index (χ4v) is 2.56. The van der Waals surface area contributed by atoms with Crippen molar-refractivity contribution in [1.29, 1.82) is 0 Å². The van der Waals surface area contributed by atoms with Gasteiger partial charge in [-0.2, -0.15) is 0 Å². The Balaban J connectivity index is 1.84. The quantitative estimate of drug-likeness (QED) is 0.752. The Hall–Kier alpha value is -3.01. The molecule has 0 atom stereocenters. The zero-order valence-corrected chi connectivity index (χ0v) is 13.7. The molecule has 0 unspecified atom stereocenters. The summed E-state index contributed by atoms with van der Waals surface area (Å²) in [6.45, 7) is 2.40. The number of methoxy groups -OCH3 is 1. The minimum Gasteiger partial charge on any atom is -0.493 e. The zero-order valence-electron chi connectivity index (χ0n) is 13.7. The van der Waals surface area contributed by atoms with E-state index < -0.39 is 0 Å². The molecule has 0 aromatic heterocycles. The number of rotatable bonds is 5. The highest BCUT2D eigenvalue weighted by Gasteiger charge is 2.11. The molecule has 3 rings (SSSR count). The van der Waals surface area contributed by atoms with Crippen molar-refractivity contribution in [2.45, 2.75) is 6.92 Å². The van der Waals surface area contributed by atoms with Crippen molar-refractivity contribution in [3.05, 3.63) is 66.2 Å². The Morgan fingerprint density at radius 1 is 0.958 bits per heavy atom. The molecule has 4 heteroatoms. The Morgan fingerprint density at radius 3 is 2.50 bits per heavy atom. The van der Waals surface area contributed by atoms with Gasteiger partial charge in [0.25, 0.3) is 5.91 Å². The number of carbonyl (C=O) groups is 1. The maximum Gasteiger partial charge on any atom is 0.255 e. The van der Waals surface area contributed by atoms with Crippen molar-refractivity contribution >= 4 is 22.4 Å². The van der Waals surface area contributed by atoms with E-state index >= 15 is 0 Å². The summed E-state index contributed by atoms with van der Waals surface area (Å²) >= 11 is 0. The average Bonchev–Trinajstić information content (AvgIpc) is 2.62. The second-order valence-corrected chi connectivity index (χ2v) is 5.31. The van der Waals surface area contributed by atoms with Gasteiger partial charge in [0, 0.05) is 11.3 Å². The van der Waals surface area contributed by atoms with Gasteiger partial charge in [-0.15, -0.1) is 0 Å². The molecule has 0 aliphatic carbocycles. The molecule has 0 aliphatic rings. The van der Waals surface area contributed by atoms with E-state index in [0.717, 1.165) is 16.5 Å². The van der Waals surface area contributed by atoms with Crippen LogP contribution in [0.25, 0.3) is 10.8 Å². The van der Waals surface area contributed by atoms with E-state index in [-0.39, 0.29) is 5.91 Å². The molecular formula is C20H19NO3. The molecular weight excluding hydrogens is 302 g/mol. The van der Waals surface area contributed by atoms with Crippen LogP contribution in [-0.2, 0) is 0 Å². The summed E-state index contributed by atoms with van der Waals surface area (Å²) in [5, 5.41) is 5.14. The van der Waals surface area contributed by atoms with Gasteiger partial charge in [0.15, 0.2) is 11.5 Å². The SMILES string of the molecule is CCOc1cc(C(=O)Nc2ccc3ccccc3c2)ccc1OC. The van der Waals surface area contributed by atoms with Crippen molar-refractivity contribution in [3.8, 4) is 11.5 Å². The highest BCUT2D eigenvalue weighted by atomic mass is 16.5. The average molecular weight is 321 g/mol. The van der Waals surface area contributed by atoms with Crippen LogP contribution in [0.15, 0.2) is 60.7 Å². The van der Waals surface area contributed by atoms with Crippen molar-refractivity contribution in [2.75, 3.05) is 19.0 Å². The predicted molar refractivity (Wildman–Crippen MR) is 96.1 cm³/mol. The Bertz CT molecular complexity index is 874. The van der Waals surface area contributed by atoms with Crippen LogP contribution in [0.4, 0.5) is 5.69 Å². The number of anilines is 1. The van der Waals surface area contributed by atoms with Crippen LogP contribution < -0.4 is 14.8 Å². The molecule has 0 spiro atoms. The lowest BCUT2D eigenvalue weighted by Crippen LogP contribution is -2.12. The highest BCUT2D eigenvalue weighted by Crippen LogP contribution is 2.28. The molecule has 0 aliphatic heterocycles. The maximum absolute atomic E-state index is 12.5. The molecule has 1 amide bonds. The van der Waals surface area contributed by atoms with Gasteiger partial charge < -0.3 is 14.8 Å². The summed E-state index contributed by atoms with van der Waals surface area (Å²) in [5.41, 5.74) is 1.28. The smallest absolute Gasteiger partial charge is 0.255 e. The van der Waals surface area contributed by atoms with Crippen LogP contribution in [0.5, 0.6) is 11.5 Å². The van der Waals surface area contributed by atoms with Crippen LogP contribution >= 0.6 is 0 Å². The molecule has 0 heterocycles. The molecule has 0 bridgehead atoms. The molecule has 122 valence electrons. The number of carbonyl (C=O) groups excluding carboxylic acids is 1. The van der Waals surface area contributed by atoms with Gasteiger partial charge in [0.2, 0.25) is 0 Å². The van der Waals surface area contributed by atoms with Crippen LogP contribution in [0, 0.1) is 0 Å². The van der Waals surface area contributed by atoms with E-state index in [0.29, 0.717) is 23.7 Å². The fraction of sp³-hybridized carbons (Fsp3) is 0.150. The van der Waals surface area contributed by atoms with Gasteiger partial charge in [0.1, 0.15) is 0 Å². The standard InChI is InChI=1S/C20H19NO3/c1-3-24-19-13-16(9-11-18(19)23-2)20(22)21-17-10-8-14-6-4-5-7-15(14)12-17/h4-13H,3H2,1-2H3,(H,21,22). The number of nitrogens with one attached hydrogen (secondary N) is 1. The Labute approximate surface area is 141 Å². The number of hydrogen-bond acceptors (Lipinski definition) is 3. The van der Waals surface area contributed by atoms with Gasteiger partial charge in [-0.25, -0.2) is 0 Å². The number of benzene rings is 3. The third kappa shape index (κ3) is 3.33. The minimum atomic E-state index is -0.186. The lowest BCUT2D eigenvalue weighted by Gasteiger charge is -2.11. The molecule has 0 saturated heterocycles. The lowest BCUT2D eigenvalue weighted by molar-refractivity contribution is 0.102. The van der Waals surface area contributed by atoms with Crippen molar-refractivity contribution < 1.29 is 14.3 Å². The van der Waals surface area contributed by atoms with Crippen molar-refractivity contribution in [3.63, 3.8) is 0 Å². The van der Waals surface area contributed by atoms with E-state index in [1.165, 1.54) is 0 Å². The number of amides is 1. The zero-order chi connectivity index (χ0) is 16.9. The van der Waals surface area contributed by atoms with Gasteiger partial charge in [-0.05, 0) is 48.0 Å². The third-order valence-corrected chi connectivity index (χ3v) is 3.73. The van der Waals surface area contributed by atoms with Crippen molar-refractivity contribution in [2.24, 2.45) is 0 Å². The Morgan fingerprint density at radius 2 is 1.75 bits per heavy atom. The molecule has 0 radical (unpaired) electrons. The molecule has 3 aromatic carbocycles. The van der Waals surface area contributed by atoms with E-state index in [2.05, 4.69) is 5.32 Å². The fourth-order valence-electron chi connectivity index (χ4n) is 2.56. The minimum absolute atomic E-state index is 0.186. The lowest BCUT2D eigenvalue weighted by atomic mass is 10.1. The van der Waals surface area contributed by atoms with Crippen LogP contribution in [0.3, 0.4) is 0 Å². The summed E-state index contributed by atoms with van der Waals surface area (Å²) in [4.78, 5) is 12.5. The van der Waals surface area contributed by atoms with E-state index in [1.807, 2.05) is 49.4 Å². The molecule has 24 heavy (non-hydrogen) atoms. The topological polar surface area (TPSA) is 47.6 Å². The van der Waals surface area contributed by atoms with E-state index in [9.17, 15) is 4.79 Å². The first-order valence-corrected chi connectivity index (χ1v) is 7.82. The van der Waals surface area contributed by atoms with Gasteiger partial charge >= 0.3 is 0 Å². The van der Waals surface area contributed by atoms with E-state index in [4.69, 9.17) is 9.47 Å². The maximum atomic E-state index is 12.5. The third-order valence-electron chi connectivity index (χ3n) is 3.73. The van der Waals surface area contributed by atoms with Crippen LogP contribution in [0.2, 0.25) is 0 Å². The predicted octanol–water partition coefficient (Wildman–Crippen LogP) is 4.50. The van der Waals surface area contributed by atoms with Gasteiger partial charge in [-0.1, -0.05) is 30.3 Å². The summed E-state index contributed by atoms with van der Waals surface area (Å²) in [5.74, 6) is 0.985. The summed E-state index contributed by atoms with van der Waals surface area (Å²) in [6.07, 6.45) is 0. The van der Waals surface area contributed by atoms with Gasteiger partial charge in [-0.3, -0.25) is 4.79 Å². The van der Waals surface area contributed by atoms with E-state index in [1.54, 1.807) is 25.3 Å². The number of ether oxygens (including phenoxy) is 2. The highest BCUT2D eigenvalue weighted by molar-refractivity contribution is 6.05. The van der Waals surface area contributed by atoms with Crippen molar-refractivity contribution in [1.82, 2.24) is 0 Å². The number of hydrogen-bond donors (Lipinski definition) is 1. The first-order valence-electron chi connectivity index (χ1n) is 7.82. The summed E-state index contributed by atoms with van der Waals surface area (Å²) in [7, 11) is 1.58. The summed E-state index contributed by atoms with van der Waals surface area (Å²) in [6, 6.07) is 19.0. The largest absolute Gasteiger partial charge is 0.493 e. The Kier molecular flexibility index (Phi) is 4.66. The molecule has 1 N–H and O–H groups in total. The second kappa shape index (κ2) is 7.04. The molecule has 4 nitrogen and oxygen atoms in total. The normalized spacial score (nSPS) is 10.4. The second-order valence-electron chi connectivity index (χ2n) is 5.31. The first-order chi connectivity index (χ1) is 11.7. The van der Waals surface area contributed by atoms with Gasteiger partial charge in [0.05, 0.1) is 13.7 Å². The molecule has 0 saturated carbocycles. The van der Waals surface area contributed by atoms with Crippen LogP contribution in [0.1, 0.15) is 17.3 Å². The summed E-state index contributed by atoms with van der Waals surface area (Å²) < 4.78 is 10.8. The van der Waals surface area contributed by atoms with Crippen LogP contribution in [-0.4, -0.2) is 19.6 Å². The molecule has 3 aromatic rings.